The monoisotopic (exact) mass is 196 g/mol. The summed E-state index contributed by atoms with van der Waals surface area (Å²) in [4.78, 5) is 0. The third-order valence-electron chi connectivity index (χ3n) is 1.54. The second-order valence-electron chi connectivity index (χ2n) is 2.74. The average Bonchev–Trinajstić information content (AvgIpc) is 2.16. The van der Waals surface area contributed by atoms with E-state index in [1.807, 2.05) is 6.92 Å². The molecular formula is C9H13BO4. The maximum Gasteiger partial charge on any atom is 0.707 e. The molecule has 0 spiro atoms. The van der Waals surface area contributed by atoms with E-state index in [0.717, 1.165) is 6.42 Å². The highest BCUT2D eigenvalue weighted by Crippen LogP contribution is 2.26. The normalized spacial score (nSPS) is 9.64. The van der Waals surface area contributed by atoms with Crippen molar-refractivity contribution in [1.29, 1.82) is 0 Å². The molecule has 2 N–H and O–H groups in total. The molecule has 1 rings (SSSR count). The summed E-state index contributed by atoms with van der Waals surface area (Å²) in [7, 11) is -1.82. The lowest BCUT2D eigenvalue weighted by Crippen LogP contribution is -2.21. The fourth-order valence-corrected chi connectivity index (χ4v) is 0.992. The molecule has 0 aliphatic rings. The van der Waals surface area contributed by atoms with Gasteiger partial charge in [-0.1, -0.05) is 19.1 Å². The number of hydrogen-bond donors (Lipinski definition) is 2. The Labute approximate surface area is 83.3 Å². The van der Waals surface area contributed by atoms with Crippen LogP contribution in [0, 0.1) is 0 Å². The van der Waals surface area contributed by atoms with Crippen molar-refractivity contribution in [2.45, 2.75) is 13.3 Å². The van der Waals surface area contributed by atoms with Gasteiger partial charge in [0, 0.05) is 0 Å². The van der Waals surface area contributed by atoms with Gasteiger partial charge in [-0.25, -0.2) is 0 Å². The summed E-state index contributed by atoms with van der Waals surface area (Å²) in [6.07, 6.45) is 0.885. The van der Waals surface area contributed by atoms with Crippen molar-refractivity contribution in [1.82, 2.24) is 0 Å². The Bertz CT molecular complexity index is 277. The molecule has 0 aromatic heterocycles. The van der Waals surface area contributed by atoms with Gasteiger partial charge in [-0.2, -0.15) is 0 Å². The fraction of sp³-hybridized carbons (Fsp3) is 0.333. The van der Waals surface area contributed by atoms with E-state index < -0.39 is 7.32 Å². The summed E-state index contributed by atoms with van der Waals surface area (Å²) in [6.45, 7) is 2.56. The second-order valence-corrected chi connectivity index (χ2v) is 2.74. The third kappa shape index (κ3) is 3.28. The van der Waals surface area contributed by atoms with Crippen molar-refractivity contribution in [3.8, 4) is 11.5 Å². The molecule has 0 radical (unpaired) electrons. The Kier molecular flexibility index (Phi) is 4.29. The second kappa shape index (κ2) is 5.52. The highest BCUT2D eigenvalue weighted by Gasteiger charge is 2.14. The highest BCUT2D eigenvalue weighted by atomic mass is 16.6. The minimum absolute atomic E-state index is 0.330. The van der Waals surface area contributed by atoms with Crippen LogP contribution in [0.1, 0.15) is 13.3 Å². The van der Waals surface area contributed by atoms with E-state index in [1.54, 1.807) is 24.3 Å². The van der Waals surface area contributed by atoms with E-state index in [4.69, 9.17) is 19.4 Å². The summed E-state index contributed by atoms with van der Waals surface area (Å²) in [6, 6.07) is 6.86. The number of benzene rings is 1. The Morgan fingerprint density at radius 1 is 1.21 bits per heavy atom. The van der Waals surface area contributed by atoms with Crippen LogP contribution in [0.4, 0.5) is 0 Å². The molecule has 1 aromatic carbocycles. The largest absolute Gasteiger partial charge is 0.707 e. The van der Waals surface area contributed by atoms with Gasteiger partial charge in [0.05, 0.1) is 6.61 Å². The lowest BCUT2D eigenvalue weighted by atomic mass is 10.2. The van der Waals surface area contributed by atoms with Crippen molar-refractivity contribution in [3.63, 3.8) is 0 Å². The molecule has 0 heterocycles. The van der Waals surface area contributed by atoms with Gasteiger partial charge in [0.1, 0.15) is 5.75 Å². The topological polar surface area (TPSA) is 58.9 Å². The zero-order valence-electron chi connectivity index (χ0n) is 8.01. The molecule has 4 nitrogen and oxygen atoms in total. The Balaban J connectivity index is 2.69. The number of hydrogen-bond acceptors (Lipinski definition) is 4. The summed E-state index contributed by atoms with van der Waals surface area (Å²) < 4.78 is 10.1. The van der Waals surface area contributed by atoms with Crippen LogP contribution < -0.4 is 9.39 Å². The van der Waals surface area contributed by atoms with E-state index in [2.05, 4.69) is 0 Å². The van der Waals surface area contributed by atoms with Crippen LogP contribution >= 0.6 is 0 Å². The molecule has 0 atom stereocenters. The zero-order valence-corrected chi connectivity index (χ0v) is 8.01. The summed E-state index contributed by atoms with van der Waals surface area (Å²) in [5, 5.41) is 17.3. The molecule has 0 fully saturated rings. The first kappa shape index (κ1) is 10.9. The van der Waals surface area contributed by atoms with E-state index in [9.17, 15) is 0 Å². The minimum atomic E-state index is -1.82. The molecule has 0 aliphatic carbocycles. The lowest BCUT2D eigenvalue weighted by Gasteiger charge is -2.11. The van der Waals surface area contributed by atoms with E-state index >= 15 is 0 Å². The van der Waals surface area contributed by atoms with Gasteiger partial charge in [0.25, 0.3) is 0 Å². The highest BCUT2D eigenvalue weighted by molar-refractivity contribution is 6.33. The molecule has 0 aliphatic heterocycles. The van der Waals surface area contributed by atoms with Crippen LogP contribution in [0.25, 0.3) is 0 Å². The number of rotatable bonds is 5. The standard InChI is InChI=1S/C9H13BO4/c1-2-7-13-8-5-3-4-6-9(8)14-10(11)12/h3-6,11-12H,2,7H2,1H3. The molecular weight excluding hydrogens is 183 g/mol. The fourth-order valence-electron chi connectivity index (χ4n) is 0.992. The first-order valence-corrected chi connectivity index (χ1v) is 4.48. The van der Waals surface area contributed by atoms with Crippen molar-refractivity contribution < 1.29 is 19.4 Å². The number of para-hydroxylation sites is 2. The van der Waals surface area contributed by atoms with Crippen molar-refractivity contribution in [3.05, 3.63) is 24.3 Å². The van der Waals surface area contributed by atoms with Gasteiger partial charge in [0.2, 0.25) is 0 Å². The predicted molar refractivity (Wildman–Crippen MR) is 53.0 cm³/mol. The average molecular weight is 196 g/mol. The van der Waals surface area contributed by atoms with Crippen LogP contribution in [0.15, 0.2) is 24.3 Å². The van der Waals surface area contributed by atoms with Crippen molar-refractivity contribution >= 4 is 7.32 Å². The van der Waals surface area contributed by atoms with Crippen LogP contribution in [0.3, 0.4) is 0 Å². The van der Waals surface area contributed by atoms with Crippen LogP contribution in [-0.4, -0.2) is 24.0 Å². The maximum atomic E-state index is 8.63. The maximum absolute atomic E-state index is 8.63. The van der Waals surface area contributed by atoms with E-state index in [1.165, 1.54) is 0 Å². The molecule has 0 saturated heterocycles. The van der Waals surface area contributed by atoms with Crippen LogP contribution in [-0.2, 0) is 0 Å². The van der Waals surface area contributed by atoms with Gasteiger partial charge < -0.3 is 19.4 Å². The van der Waals surface area contributed by atoms with Gasteiger partial charge in [-0.05, 0) is 18.6 Å². The molecule has 14 heavy (non-hydrogen) atoms. The summed E-state index contributed by atoms with van der Waals surface area (Å²) in [5.41, 5.74) is 0. The predicted octanol–water partition coefficient (Wildman–Crippen LogP) is 0.824. The Morgan fingerprint density at radius 2 is 1.86 bits per heavy atom. The van der Waals surface area contributed by atoms with Crippen LogP contribution in [0.2, 0.25) is 0 Å². The third-order valence-corrected chi connectivity index (χ3v) is 1.54. The summed E-state index contributed by atoms with van der Waals surface area (Å²) in [5.74, 6) is 0.846. The molecule has 0 unspecified atom stereocenters. The SMILES string of the molecule is CCCOc1ccccc1OB(O)O. The molecule has 5 heteroatoms. The number of ether oxygens (including phenoxy) is 1. The van der Waals surface area contributed by atoms with E-state index in [0.29, 0.717) is 18.1 Å². The van der Waals surface area contributed by atoms with E-state index in [-0.39, 0.29) is 0 Å². The first-order chi connectivity index (χ1) is 6.74. The minimum Gasteiger partial charge on any atom is -0.509 e. The molecule has 0 saturated carbocycles. The molecule has 1 aromatic rings. The quantitative estimate of drug-likeness (QED) is 0.684. The Morgan fingerprint density at radius 3 is 2.43 bits per heavy atom. The molecule has 76 valence electrons. The van der Waals surface area contributed by atoms with Gasteiger partial charge in [-0.3, -0.25) is 0 Å². The van der Waals surface area contributed by atoms with Gasteiger partial charge in [0.15, 0.2) is 5.75 Å². The smallest absolute Gasteiger partial charge is 0.509 e. The summed E-state index contributed by atoms with van der Waals surface area (Å²) >= 11 is 0. The van der Waals surface area contributed by atoms with Crippen molar-refractivity contribution in [2.75, 3.05) is 6.61 Å². The van der Waals surface area contributed by atoms with Gasteiger partial charge >= 0.3 is 7.32 Å². The zero-order chi connectivity index (χ0) is 10.4. The van der Waals surface area contributed by atoms with Gasteiger partial charge in [-0.15, -0.1) is 0 Å². The van der Waals surface area contributed by atoms with Crippen molar-refractivity contribution in [2.24, 2.45) is 0 Å². The molecule has 0 amide bonds. The first-order valence-electron chi connectivity index (χ1n) is 4.48. The Hall–Kier alpha value is -1.20. The molecule has 0 bridgehead atoms. The van der Waals surface area contributed by atoms with Crippen LogP contribution in [0.5, 0.6) is 11.5 Å². The lowest BCUT2D eigenvalue weighted by molar-refractivity contribution is 0.267.